The van der Waals surface area contributed by atoms with E-state index in [2.05, 4.69) is 5.32 Å². The van der Waals surface area contributed by atoms with Gasteiger partial charge in [-0.25, -0.2) is 4.39 Å². The van der Waals surface area contributed by atoms with Crippen molar-refractivity contribution in [3.8, 4) is 11.5 Å². The summed E-state index contributed by atoms with van der Waals surface area (Å²) in [5.41, 5.74) is 0.610. The molecular formula is C24H29FN2O5. The molecule has 0 unspecified atom stereocenters. The maximum absolute atomic E-state index is 14.9. The molecule has 2 aromatic rings. The fraction of sp³-hybridized carbons (Fsp3) is 0.458. The topological polar surface area (TPSA) is 80.3 Å². The summed E-state index contributed by atoms with van der Waals surface area (Å²) in [6.07, 6.45) is 0.726. The van der Waals surface area contributed by atoms with E-state index < -0.39 is 17.5 Å². The van der Waals surface area contributed by atoms with Crippen molar-refractivity contribution in [2.75, 3.05) is 38.8 Å². The number of aliphatic hydroxyl groups is 1. The molecule has 0 aromatic heterocycles. The Balaban J connectivity index is 1.59. The van der Waals surface area contributed by atoms with Crippen molar-refractivity contribution in [3.63, 3.8) is 0 Å². The van der Waals surface area contributed by atoms with E-state index in [1.54, 1.807) is 20.3 Å². The van der Waals surface area contributed by atoms with Gasteiger partial charge in [0.05, 0.1) is 19.3 Å². The summed E-state index contributed by atoms with van der Waals surface area (Å²) in [6, 6.07) is 10.2. The number of amides is 1. The molecule has 1 amide bonds. The van der Waals surface area contributed by atoms with Crippen LogP contribution < -0.4 is 19.7 Å². The molecule has 2 aromatic carbocycles. The second kappa shape index (κ2) is 9.44. The lowest BCUT2D eigenvalue weighted by atomic mass is 9.90. The Hall–Kier alpha value is -2.68. The number of hydrogen-bond donors (Lipinski definition) is 2. The Labute approximate surface area is 187 Å². The van der Waals surface area contributed by atoms with E-state index in [1.165, 1.54) is 11.0 Å². The van der Waals surface area contributed by atoms with Crippen molar-refractivity contribution < 1.29 is 28.5 Å². The number of halogens is 1. The summed E-state index contributed by atoms with van der Waals surface area (Å²) in [7, 11) is 3.15. The smallest absolute Gasteiger partial charge is 0.227 e. The van der Waals surface area contributed by atoms with Gasteiger partial charge in [0.2, 0.25) is 5.91 Å². The van der Waals surface area contributed by atoms with Gasteiger partial charge in [0.15, 0.2) is 0 Å². The van der Waals surface area contributed by atoms with Crippen LogP contribution in [-0.2, 0) is 22.5 Å². The molecule has 2 aliphatic heterocycles. The summed E-state index contributed by atoms with van der Waals surface area (Å²) < 4.78 is 31.6. The maximum atomic E-state index is 14.9. The molecule has 2 N–H and O–H groups in total. The molecule has 8 heteroatoms. The average Bonchev–Trinajstić information content (AvgIpc) is 2.81. The van der Waals surface area contributed by atoms with Crippen LogP contribution in [0.3, 0.4) is 0 Å². The zero-order valence-corrected chi connectivity index (χ0v) is 18.4. The Morgan fingerprint density at radius 3 is 2.69 bits per heavy atom. The van der Waals surface area contributed by atoms with Crippen LogP contribution in [0.5, 0.6) is 11.5 Å². The largest absolute Gasteiger partial charge is 0.497 e. The molecule has 172 valence electrons. The van der Waals surface area contributed by atoms with Crippen LogP contribution in [0.2, 0.25) is 0 Å². The predicted octanol–water partition coefficient (Wildman–Crippen LogP) is 2.43. The number of fused-ring (bicyclic) bond motifs is 1. The monoisotopic (exact) mass is 444 g/mol. The summed E-state index contributed by atoms with van der Waals surface area (Å²) in [6.45, 7) is 1.46. The highest BCUT2D eigenvalue weighted by molar-refractivity contribution is 5.97. The van der Waals surface area contributed by atoms with E-state index in [1.807, 2.05) is 24.3 Å². The highest BCUT2D eigenvalue weighted by atomic mass is 19.1. The quantitative estimate of drug-likeness (QED) is 0.683. The van der Waals surface area contributed by atoms with Gasteiger partial charge in [0, 0.05) is 25.6 Å². The van der Waals surface area contributed by atoms with Gasteiger partial charge in [-0.15, -0.1) is 0 Å². The molecule has 0 bridgehead atoms. The minimum atomic E-state index is -1.14. The van der Waals surface area contributed by atoms with Crippen molar-refractivity contribution >= 4 is 11.6 Å². The number of nitrogens with zero attached hydrogens (tertiary/aromatic N) is 1. The fourth-order valence-electron chi connectivity index (χ4n) is 4.39. The molecule has 2 atom stereocenters. The molecule has 0 radical (unpaired) electrons. The number of nitrogens with one attached hydrogen (secondary N) is 1. The van der Waals surface area contributed by atoms with E-state index in [-0.39, 0.29) is 31.2 Å². The van der Waals surface area contributed by atoms with Crippen LogP contribution in [0.15, 0.2) is 36.4 Å². The number of benzene rings is 2. The van der Waals surface area contributed by atoms with Gasteiger partial charge in [-0.2, -0.15) is 0 Å². The zero-order valence-electron chi connectivity index (χ0n) is 18.4. The normalized spacial score (nSPS) is 23.1. The first-order valence-electron chi connectivity index (χ1n) is 10.8. The van der Waals surface area contributed by atoms with E-state index in [9.17, 15) is 14.3 Å². The third-order valence-electron chi connectivity index (χ3n) is 6.28. The Morgan fingerprint density at radius 2 is 1.97 bits per heavy atom. The van der Waals surface area contributed by atoms with Gasteiger partial charge in [-0.1, -0.05) is 12.1 Å². The molecule has 1 fully saturated rings. The molecule has 2 aliphatic rings. The predicted molar refractivity (Wildman–Crippen MR) is 118 cm³/mol. The number of carbonyl (C=O) groups is 1. The number of rotatable bonds is 7. The number of methoxy groups -OCH3 is 2. The average molecular weight is 445 g/mol. The molecular weight excluding hydrogens is 415 g/mol. The highest BCUT2D eigenvalue weighted by Gasteiger charge is 2.40. The summed E-state index contributed by atoms with van der Waals surface area (Å²) >= 11 is 0. The van der Waals surface area contributed by atoms with Gasteiger partial charge >= 0.3 is 0 Å². The van der Waals surface area contributed by atoms with Crippen LogP contribution in [0, 0.1) is 5.82 Å². The molecule has 0 aliphatic carbocycles. The summed E-state index contributed by atoms with van der Waals surface area (Å²) in [4.78, 5) is 14.2. The van der Waals surface area contributed by atoms with Gasteiger partial charge in [0.25, 0.3) is 0 Å². The number of piperidine rings is 1. The van der Waals surface area contributed by atoms with Crippen molar-refractivity contribution in [3.05, 3.63) is 53.3 Å². The summed E-state index contributed by atoms with van der Waals surface area (Å²) in [5.74, 6) is 0.590. The van der Waals surface area contributed by atoms with Gasteiger partial charge < -0.3 is 29.5 Å². The van der Waals surface area contributed by atoms with Gasteiger partial charge in [-0.05, 0) is 49.2 Å². The second-order valence-corrected chi connectivity index (χ2v) is 8.27. The van der Waals surface area contributed by atoms with Crippen molar-refractivity contribution in [2.45, 2.75) is 37.5 Å². The van der Waals surface area contributed by atoms with Crippen LogP contribution in [-0.4, -0.2) is 56.6 Å². The minimum absolute atomic E-state index is 0.0255. The standard InChI is InChI=1S/C24H29FN2O5/c1-30-17-5-3-16(4-6-17)14-27-22(28)10-7-18-20(9-8-19(25)23(18)27)32-15-24(29)11-12-26-13-21(24)31-2/h3-6,8-9,21,26,29H,7,10-15H2,1-2H3/t21-,24+/m0/s1. The molecule has 0 saturated carbocycles. The van der Waals surface area contributed by atoms with E-state index >= 15 is 0 Å². The third-order valence-corrected chi connectivity index (χ3v) is 6.28. The van der Waals surface area contributed by atoms with Crippen LogP contribution in [0.25, 0.3) is 0 Å². The van der Waals surface area contributed by atoms with E-state index in [0.717, 1.165) is 5.56 Å². The number of ether oxygens (including phenoxy) is 3. The number of carbonyl (C=O) groups excluding carboxylic acids is 1. The Morgan fingerprint density at radius 1 is 1.19 bits per heavy atom. The second-order valence-electron chi connectivity index (χ2n) is 8.27. The highest BCUT2D eigenvalue weighted by Crippen LogP contribution is 2.38. The number of hydrogen-bond acceptors (Lipinski definition) is 6. The van der Waals surface area contributed by atoms with Crippen LogP contribution in [0.1, 0.15) is 24.0 Å². The van der Waals surface area contributed by atoms with Gasteiger partial charge in [0.1, 0.15) is 35.6 Å². The lowest BCUT2D eigenvalue weighted by Crippen LogP contribution is -2.58. The number of anilines is 1. The maximum Gasteiger partial charge on any atom is 0.227 e. The fourth-order valence-corrected chi connectivity index (χ4v) is 4.39. The Bertz CT molecular complexity index is 968. The molecule has 4 rings (SSSR count). The molecule has 32 heavy (non-hydrogen) atoms. The molecule has 7 nitrogen and oxygen atoms in total. The van der Waals surface area contributed by atoms with Crippen LogP contribution >= 0.6 is 0 Å². The first-order chi connectivity index (χ1) is 15.4. The minimum Gasteiger partial charge on any atom is -0.497 e. The lowest BCUT2D eigenvalue weighted by Gasteiger charge is -2.39. The molecule has 0 spiro atoms. The molecule has 2 heterocycles. The zero-order chi connectivity index (χ0) is 22.7. The van der Waals surface area contributed by atoms with Crippen molar-refractivity contribution in [1.29, 1.82) is 0 Å². The van der Waals surface area contributed by atoms with Crippen molar-refractivity contribution in [1.82, 2.24) is 5.32 Å². The first-order valence-corrected chi connectivity index (χ1v) is 10.8. The Kier molecular flexibility index (Phi) is 6.64. The van der Waals surface area contributed by atoms with Crippen LogP contribution in [0.4, 0.5) is 10.1 Å². The first kappa shape index (κ1) is 22.5. The van der Waals surface area contributed by atoms with Gasteiger partial charge in [-0.3, -0.25) is 4.79 Å². The van der Waals surface area contributed by atoms with Crippen molar-refractivity contribution in [2.24, 2.45) is 0 Å². The third kappa shape index (κ3) is 4.44. The van der Waals surface area contributed by atoms with E-state index in [0.29, 0.717) is 43.0 Å². The molecule has 1 saturated heterocycles. The summed E-state index contributed by atoms with van der Waals surface area (Å²) in [5, 5.41) is 14.2. The SMILES string of the molecule is COc1ccc(CN2C(=O)CCc3c(OC[C@]4(O)CCNC[C@@H]4OC)ccc(F)c32)cc1. The van der Waals surface area contributed by atoms with E-state index in [4.69, 9.17) is 14.2 Å². The lowest BCUT2D eigenvalue weighted by molar-refractivity contribution is -0.128.